The van der Waals surface area contributed by atoms with Gasteiger partial charge in [0.1, 0.15) is 0 Å². The molecule has 4 nitrogen and oxygen atoms in total. The molecule has 0 radical (unpaired) electrons. The Hall–Kier alpha value is -1.33. The van der Waals surface area contributed by atoms with Gasteiger partial charge in [-0.3, -0.25) is 0 Å². The van der Waals surface area contributed by atoms with Gasteiger partial charge in [-0.25, -0.2) is 0 Å². The third-order valence-corrected chi connectivity index (χ3v) is 2.88. The van der Waals surface area contributed by atoms with Gasteiger partial charge in [0, 0.05) is 4.90 Å². The van der Waals surface area contributed by atoms with Crippen molar-refractivity contribution >= 4 is 11.8 Å². The molecule has 0 aliphatic heterocycles. The summed E-state index contributed by atoms with van der Waals surface area (Å²) in [6, 6.07) is 7.69. The fourth-order valence-electron chi connectivity index (χ4n) is 1.28. The van der Waals surface area contributed by atoms with Crippen LogP contribution in [0.1, 0.15) is 17.4 Å². The van der Waals surface area contributed by atoms with Gasteiger partial charge in [0.05, 0.1) is 6.04 Å². The highest BCUT2D eigenvalue weighted by Gasteiger charge is 2.12. The maximum Gasteiger partial charge on any atom is 0.213 e. The lowest BCUT2D eigenvalue weighted by atomic mass is 10.1. The molecule has 2 rings (SSSR count). The fraction of sp³-hybridized carbons (Fsp3) is 0.200. The lowest BCUT2D eigenvalue weighted by Crippen LogP contribution is -2.13. The molecule has 1 heterocycles. The number of benzene rings is 1. The van der Waals surface area contributed by atoms with Crippen LogP contribution in [0.15, 0.2) is 40.1 Å². The van der Waals surface area contributed by atoms with Crippen LogP contribution in [-0.2, 0) is 0 Å². The highest BCUT2D eigenvalue weighted by Crippen LogP contribution is 2.20. The van der Waals surface area contributed by atoms with Crippen molar-refractivity contribution in [3.63, 3.8) is 0 Å². The molecular weight excluding hydrogens is 210 g/mol. The Balaban J connectivity index is 2.22. The van der Waals surface area contributed by atoms with Crippen LogP contribution in [0.5, 0.6) is 0 Å². The molecule has 5 heteroatoms. The van der Waals surface area contributed by atoms with Crippen LogP contribution in [-0.4, -0.2) is 16.4 Å². The lowest BCUT2D eigenvalue weighted by molar-refractivity contribution is 0.407. The standard InChI is InChI=1S/C10H11N3OS/c1-15-8-4-2-7(3-5-8)9(11)10-12-6-14-13-10/h2-6,9H,11H2,1H3. The molecule has 0 aliphatic rings. The van der Waals surface area contributed by atoms with E-state index in [2.05, 4.69) is 14.7 Å². The average molecular weight is 221 g/mol. The molecule has 1 atom stereocenters. The van der Waals surface area contributed by atoms with Crippen molar-refractivity contribution in [2.45, 2.75) is 10.9 Å². The molecule has 0 bridgehead atoms. The van der Waals surface area contributed by atoms with Crippen LogP contribution in [0.3, 0.4) is 0 Å². The first-order valence-corrected chi connectivity index (χ1v) is 5.69. The van der Waals surface area contributed by atoms with E-state index in [9.17, 15) is 0 Å². The van der Waals surface area contributed by atoms with Crippen molar-refractivity contribution in [3.8, 4) is 0 Å². The first kappa shape index (κ1) is 10.2. The van der Waals surface area contributed by atoms with E-state index in [0.717, 1.165) is 5.56 Å². The number of hydrogen-bond donors (Lipinski definition) is 1. The zero-order valence-electron chi connectivity index (χ0n) is 8.25. The molecule has 1 aromatic carbocycles. The largest absolute Gasteiger partial charge is 0.343 e. The second kappa shape index (κ2) is 4.46. The van der Waals surface area contributed by atoms with Gasteiger partial charge in [0.2, 0.25) is 6.39 Å². The Morgan fingerprint density at radius 3 is 2.60 bits per heavy atom. The summed E-state index contributed by atoms with van der Waals surface area (Å²) in [5.41, 5.74) is 6.94. The normalized spacial score (nSPS) is 12.7. The molecule has 0 saturated heterocycles. The molecule has 1 unspecified atom stereocenters. The summed E-state index contributed by atoms with van der Waals surface area (Å²) < 4.78 is 4.66. The molecule has 2 aromatic rings. The number of aromatic nitrogens is 2. The Morgan fingerprint density at radius 2 is 2.07 bits per heavy atom. The van der Waals surface area contributed by atoms with E-state index < -0.39 is 0 Å². The van der Waals surface area contributed by atoms with Gasteiger partial charge >= 0.3 is 0 Å². The number of thioether (sulfide) groups is 1. The predicted molar refractivity (Wildman–Crippen MR) is 58.6 cm³/mol. The Labute approximate surface area is 91.9 Å². The monoisotopic (exact) mass is 221 g/mol. The molecule has 0 aliphatic carbocycles. The topological polar surface area (TPSA) is 64.9 Å². The van der Waals surface area contributed by atoms with E-state index in [4.69, 9.17) is 5.73 Å². The van der Waals surface area contributed by atoms with Gasteiger partial charge in [-0.15, -0.1) is 11.8 Å². The first-order valence-electron chi connectivity index (χ1n) is 4.47. The quantitative estimate of drug-likeness (QED) is 0.801. The van der Waals surface area contributed by atoms with Crippen molar-refractivity contribution in [1.29, 1.82) is 0 Å². The summed E-state index contributed by atoms with van der Waals surface area (Å²) in [5.74, 6) is 0.506. The summed E-state index contributed by atoms with van der Waals surface area (Å²) in [5, 5.41) is 3.72. The number of rotatable bonds is 3. The van der Waals surface area contributed by atoms with Gasteiger partial charge in [-0.2, -0.15) is 4.98 Å². The smallest absolute Gasteiger partial charge is 0.213 e. The molecule has 0 fully saturated rings. The SMILES string of the molecule is CSc1ccc(C(N)c2ncon2)cc1. The summed E-state index contributed by atoms with van der Waals surface area (Å²) >= 11 is 1.70. The summed E-state index contributed by atoms with van der Waals surface area (Å²) in [6.07, 6.45) is 3.32. The maximum absolute atomic E-state index is 5.96. The minimum absolute atomic E-state index is 0.320. The maximum atomic E-state index is 5.96. The van der Waals surface area contributed by atoms with Crippen LogP contribution in [0.4, 0.5) is 0 Å². The minimum Gasteiger partial charge on any atom is -0.343 e. The third-order valence-electron chi connectivity index (χ3n) is 2.13. The van der Waals surface area contributed by atoms with Crippen molar-refractivity contribution < 1.29 is 4.52 Å². The van der Waals surface area contributed by atoms with Crippen molar-refractivity contribution in [1.82, 2.24) is 10.1 Å². The molecular formula is C10H11N3OS. The van der Waals surface area contributed by atoms with Crippen molar-refractivity contribution in [2.75, 3.05) is 6.26 Å². The van der Waals surface area contributed by atoms with E-state index in [-0.39, 0.29) is 6.04 Å². The molecule has 2 N–H and O–H groups in total. The molecule has 0 amide bonds. The highest BCUT2D eigenvalue weighted by molar-refractivity contribution is 7.98. The van der Waals surface area contributed by atoms with E-state index in [0.29, 0.717) is 5.82 Å². The minimum atomic E-state index is -0.320. The number of nitrogens with zero attached hydrogens (tertiary/aromatic N) is 2. The van der Waals surface area contributed by atoms with Crippen LogP contribution in [0.25, 0.3) is 0 Å². The van der Waals surface area contributed by atoms with Gasteiger partial charge in [-0.05, 0) is 24.0 Å². The van der Waals surface area contributed by atoms with Crippen molar-refractivity contribution in [3.05, 3.63) is 42.0 Å². The Kier molecular flexibility index (Phi) is 3.03. The number of hydrogen-bond acceptors (Lipinski definition) is 5. The second-order valence-electron chi connectivity index (χ2n) is 3.04. The van der Waals surface area contributed by atoms with Gasteiger partial charge < -0.3 is 10.3 Å². The van der Waals surface area contributed by atoms with E-state index in [1.54, 1.807) is 11.8 Å². The van der Waals surface area contributed by atoms with Crippen LogP contribution >= 0.6 is 11.8 Å². The zero-order valence-corrected chi connectivity index (χ0v) is 9.07. The molecule has 0 spiro atoms. The van der Waals surface area contributed by atoms with E-state index in [1.807, 2.05) is 30.5 Å². The highest BCUT2D eigenvalue weighted by atomic mass is 32.2. The van der Waals surface area contributed by atoms with E-state index in [1.165, 1.54) is 11.3 Å². The summed E-state index contributed by atoms with van der Waals surface area (Å²) in [6.45, 7) is 0. The van der Waals surface area contributed by atoms with Crippen LogP contribution < -0.4 is 5.73 Å². The molecule has 78 valence electrons. The van der Waals surface area contributed by atoms with Gasteiger partial charge in [0.15, 0.2) is 5.82 Å². The van der Waals surface area contributed by atoms with Crippen LogP contribution in [0, 0.1) is 0 Å². The zero-order chi connectivity index (χ0) is 10.7. The predicted octanol–water partition coefficient (Wildman–Crippen LogP) is 1.84. The lowest BCUT2D eigenvalue weighted by Gasteiger charge is -2.07. The summed E-state index contributed by atoms with van der Waals surface area (Å²) in [7, 11) is 0. The van der Waals surface area contributed by atoms with Gasteiger partial charge in [0.25, 0.3) is 0 Å². The van der Waals surface area contributed by atoms with E-state index >= 15 is 0 Å². The van der Waals surface area contributed by atoms with Crippen molar-refractivity contribution in [2.24, 2.45) is 5.73 Å². The first-order chi connectivity index (χ1) is 7.31. The third kappa shape index (κ3) is 2.19. The Bertz CT molecular complexity index is 413. The molecule has 15 heavy (non-hydrogen) atoms. The Morgan fingerprint density at radius 1 is 1.33 bits per heavy atom. The number of nitrogens with two attached hydrogens (primary N) is 1. The fourth-order valence-corrected chi connectivity index (χ4v) is 1.68. The summed E-state index contributed by atoms with van der Waals surface area (Å²) in [4.78, 5) is 5.13. The van der Waals surface area contributed by atoms with Gasteiger partial charge in [-0.1, -0.05) is 17.3 Å². The molecule has 0 saturated carbocycles. The van der Waals surface area contributed by atoms with Crippen LogP contribution in [0.2, 0.25) is 0 Å². The second-order valence-corrected chi connectivity index (χ2v) is 3.92. The molecule has 1 aromatic heterocycles. The average Bonchev–Trinajstić information content (AvgIpc) is 2.82.